The van der Waals surface area contributed by atoms with Gasteiger partial charge in [-0.2, -0.15) is 13.1 Å². The molecule has 1 atom stereocenters. The standard InChI is InChI=1S/C11H14N4O2S2/c12-10-6-1-2-7-15(10)19(16,17)9-5-3-4-8-11(9)14-18-13-8/h3-5,10H,1-2,6-7,12H2. The van der Waals surface area contributed by atoms with Crippen molar-refractivity contribution in [1.29, 1.82) is 0 Å². The topological polar surface area (TPSA) is 89.2 Å². The van der Waals surface area contributed by atoms with Crippen LogP contribution in [0.15, 0.2) is 23.1 Å². The molecule has 19 heavy (non-hydrogen) atoms. The summed E-state index contributed by atoms with van der Waals surface area (Å²) in [6.07, 6.45) is 2.07. The number of nitrogens with zero attached hydrogens (tertiary/aromatic N) is 3. The molecule has 1 aromatic heterocycles. The van der Waals surface area contributed by atoms with Crippen LogP contribution in [0.3, 0.4) is 0 Å². The molecule has 8 heteroatoms. The number of rotatable bonds is 2. The maximum atomic E-state index is 12.7. The SMILES string of the molecule is NC1CCCCN1S(=O)(=O)c1cccc2nsnc12. The molecule has 1 aliphatic rings. The lowest BCUT2D eigenvalue weighted by Crippen LogP contribution is -2.48. The number of piperidine rings is 1. The predicted octanol–water partition coefficient (Wildman–Crippen LogP) is 1.15. The van der Waals surface area contributed by atoms with Crippen LogP contribution in [0.5, 0.6) is 0 Å². The highest BCUT2D eigenvalue weighted by Crippen LogP contribution is 2.27. The lowest BCUT2D eigenvalue weighted by atomic mass is 10.1. The van der Waals surface area contributed by atoms with E-state index in [-0.39, 0.29) is 4.90 Å². The number of aromatic nitrogens is 2. The predicted molar refractivity (Wildman–Crippen MR) is 73.1 cm³/mol. The highest BCUT2D eigenvalue weighted by atomic mass is 32.2. The molecule has 2 N–H and O–H groups in total. The molecular weight excluding hydrogens is 284 g/mol. The molecule has 1 saturated heterocycles. The van der Waals surface area contributed by atoms with Crippen molar-refractivity contribution in [2.45, 2.75) is 30.3 Å². The Hall–Kier alpha value is -1.09. The molecule has 0 aliphatic carbocycles. The van der Waals surface area contributed by atoms with Gasteiger partial charge in [0.1, 0.15) is 15.9 Å². The summed E-state index contributed by atoms with van der Waals surface area (Å²) in [5, 5.41) is 0. The summed E-state index contributed by atoms with van der Waals surface area (Å²) in [7, 11) is -3.60. The van der Waals surface area contributed by atoms with E-state index in [4.69, 9.17) is 5.73 Å². The van der Waals surface area contributed by atoms with Crippen molar-refractivity contribution in [3.05, 3.63) is 18.2 Å². The Kier molecular flexibility index (Phi) is 3.25. The molecule has 1 fully saturated rings. The summed E-state index contributed by atoms with van der Waals surface area (Å²) in [6.45, 7) is 0.470. The van der Waals surface area contributed by atoms with E-state index in [9.17, 15) is 8.42 Å². The van der Waals surface area contributed by atoms with Crippen LogP contribution in [-0.4, -0.2) is 34.2 Å². The zero-order valence-corrected chi connectivity index (χ0v) is 11.8. The molecule has 2 heterocycles. The molecule has 0 amide bonds. The van der Waals surface area contributed by atoms with Crippen molar-refractivity contribution in [3.8, 4) is 0 Å². The fourth-order valence-corrected chi connectivity index (χ4v) is 4.68. The van der Waals surface area contributed by atoms with Crippen LogP contribution in [0, 0.1) is 0 Å². The largest absolute Gasteiger partial charge is 0.315 e. The van der Waals surface area contributed by atoms with E-state index in [1.807, 2.05) is 0 Å². The Labute approximate surface area is 115 Å². The van der Waals surface area contributed by atoms with Crippen molar-refractivity contribution in [3.63, 3.8) is 0 Å². The van der Waals surface area contributed by atoms with Gasteiger partial charge >= 0.3 is 0 Å². The van der Waals surface area contributed by atoms with Gasteiger partial charge in [0.15, 0.2) is 0 Å². The Morgan fingerprint density at radius 2 is 2.16 bits per heavy atom. The lowest BCUT2D eigenvalue weighted by molar-refractivity contribution is 0.258. The maximum Gasteiger partial charge on any atom is 0.246 e. The van der Waals surface area contributed by atoms with Crippen LogP contribution in [-0.2, 0) is 10.0 Å². The quantitative estimate of drug-likeness (QED) is 0.898. The van der Waals surface area contributed by atoms with Gasteiger partial charge in [-0.25, -0.2) is 8.42 Å². The molecule has 1 unspecified atom stereocenters. The maximum absolute atomic E-state index is 12.7. The van der Waals surface area contributed by atoms with Crippen LogP contribution in [0.1, 0.15) is 19.3 Å². The van der Waals surface area contributed by atoms with Crippen molar-refractivity contribution in [1.82, 2.24) is 13.1 Å². The van der Waals surface area contributed by atoms with Gasteiger partial charge in [0, 0.05) is 6.54 Å². The second-order valence-corrected chi connectivity index (χ2v) is 6.95. The van der Waals surface area contributed by atoms with Gasteiger partial charge in [-0.15, -0.1) is 0 Å². The van der Waals surface area contributed by atoms with Crippen molar-refractivity contribution in [2.75, 3.05) is 6.54 Å². The van der Waals surface area contributed by atoms with Crippen LogP contribution >= 0.6 is 11.7 Å². The Morgan fingerprint density at radius 3 is 2.95 bits per heavy atom. The van der Waals surface area contributed by atoms with E-state index in [1.165, 1.54) is 4.31 Å². The van der Waals surface area contributed by atoms with E-state index in [2.05, 4.69) is 8.75 Å². The summed E-state index contributed by atoms with van der Waals surface area (Å²) in [6, 6.07) is 5.01. The first-order valence-electron chi connectivity index (χ1n) is 6.09. The minimum Gasteiger partial charge on any atom is -0.315 e. The van der Waals surface area contributed by atoms with Crippen LogP contribution < -0.4 is 5.73 Å². The minimum atomic E-state index is -3.60. The zero-order valence-electron chi connectivity index (χ0n) is 10.2. The van der Waals surface area contributed by atoms with E-state index in [0.29, 0.717) is 24.0 Å². The van der Waals surface area contributed by atoms with Crippen molar-refractivity contribution in [2.24, 2.45) is 5.73 Å². The molecule has 0 bridgehead atoms. The van der Waals surface area contributed by atoms with E-state index < -0.39 is 16.2 Å². The molecular formula is C11H14N4O2S2. The van der Waals surface area contributed by atoms with Crippen LogP contribution in [0.4, 0.5) is 0 Å². The number of hydrogen-bond acceptors (Lipinski definition) is 6. The summed E-state index contributed by atoms with van der Waals surface area (Å²) < 4.78 is 34.9. The molecule has 6 nitrogen and oxygen atoms in total. The summed E-state index contributed by atoms with van der Waals surface area (Å²) >= 11 is 1.02. The third-order valence-corrected chi connectivity index (χ3v) is 5.83. The fraction of sp³-hybridized carbons (Fsp3) is 0.455. The first-order chi connectivity index (χ1) is 9.10. The van der Waals surface area contributed by atoms with Gasteiger partial charge < -0.3 is 5.73 Å². The van der Waals surface area contributed by atoms with Gasteiger partial charge in [-0.3, -0.25) is 0 Å². The Morgan fingerprint density at radius 1 is 1.32 bits per heavy atom. The average molecular weight is 298 g/mol. The summed E-state index contributed by atoms with van der Waals surface area (Å²) in [4.78, 5) is 0.205. The minimum absolute atomic E-state index is 0.205. The van der Waals surface area contributed by atoms with Gasteiger partial charge in [0.2, 0.25) is 10.0 Å². The van der Waals surface area contributed by atoms with Crippen molar-refractivity contribution >= 4 is 32.8 Å². The van der Waals surface area contributed by atoms with E-state index >= 15 is 0 Å². The molecule has 0 saturated carbocycles. The molecule has 102 valence electrons. The number of nitrogens with two attached hydrogens (primary N) is 1. The third-order valence-electron chi connectivity index (χ3n) is 3.33. The first-order valence-corrected chi connectivity index (χ1v) is 8.26. The van der Waals surface area contributed by atoms with E-state index in [0.717, 1.165) is 24.6 Å². The third kappa shape index (κ3) is 2.14. The highest BCUT2D eigenvalue weighted by Gasteiger charge is 2.33. The molecule has 1 aromatic carbocycles. The normalized spacial score (nSPS) is 21.8. The molecule has 0 spiro atoms. The average Bonchev–Trinajstić information content (AvgIpc) is 2.86. The molecule has 2 aromatic rings. The molecule has 3 rings (SSSR count). The number of fused-ring (bicyclic) bond motifs is 1. The van der Waals surface area contributed by atoms with Crippen molar-refractivity contribution < 1.29 is 8.42 Å². The van der Waals surface area contributed by atoms with Gasteiger partial charge in [-0.1, -0.05) is 6.07 Å². The number of hydrogen-bond donors (Lipinski definition) is 1. The number of sulfonamides is 1. The van der Waals surface area contributed by atoms with Gasteiger partial charge in [-0.05, 0) is 31.4 Å². The second kappa shape index (κ2) is 4.78. The monoisotopic (exact) mass is 298 g/mol. The molecule has 0 radical (unpaired) electrons. The van der Waals surface area contributed by atoms with Crippen LogP contribution in [0.2, 0.25) is 0 Å². The molecule has 1 aliphatic heterocycles. The second-order valence-electron chi connectivity index (χ2n) is 4.57. The van der Waals surface area contributed by atoms with Crippen LogP contribution in [0.25, 0.3) is 11.0 Å². The first kappa shape index (κ1) is 12.9. The number of benzene rings is 1. The summed E-state index contributed by atoms with van der Waals surface area (Å²) in [5.41, 5.74) is 6.98. The smallest absolute Gasteiger partial charge is 0.246 e. The fourth-order valence-electron chi connectivity index (χ4n) is 2.35. The van der Waals surface area contributed by atoms with Gasteiger partial charge in [0.25, 0.3) is 0 Å². The highest BCUT2D eigenvalue weighted by molar-refractivity contribution is 7.89. The Balaban J connectivity index is 2.11. The van der Waals surface area contributed by atoms with Gasteiger partial charge in [0.05, 0.1) is 17.9 Å². The zero-order chi connectivity index (χ0) is 13.5. The van der Waals surface area contributed by atoms with E-state index in [1.54, 1.807) is 18.2 Å². The lowest BCUT2D eigenvalue weighted by Gasteiger charge is -2.31. The summed E-state index contributed by atoms with van der Waals surface area (Å²) in [5.74, 6) is 0. The Bertz CT molecular complexity index is 698.